The van der Waals surface area contributed by atoms with E-state index in [1.807, 2.05) is 23.9 Å². The van der Waals surface area contributed by atoms with Gasteiger partial charge < -0.3 is 5.32 Å². The van der Waals surface area contributed by atoms with Gasteiger partial charge >= 0.3 is 0 Å². The second-order valence-corrected chi connectivity index (χ2v) is 3.81. The molecule has 0 amide bonds. The maximum Gasteiger partial charge on any atom is 0.109 e. The summed E-state index contributed by atoms with van der Waals surface area (Å²) in [6.07, 6.45) is 3.56. The lowest BCUT2D eigenvalue weighted by molar-refractivity contribution is 0.425. The zero-order valence-corrected chi connectivity index (χ0v) is 11.0. The summed E-state index contributed by atoms with van der Waals surface area (Å²) in [4.78, 5) is 0. The highest BCUT2D eigenvalue weighted by Crippen LogP contribution is 1.98. The number of nitrogens with one attached hydrogen (secondary N) is 1. The molecular weight excluding hydrogens is 257 g/mol. The van der Waals surface area contributed by atoms with Crippen molar-refractivity contribution in [2.45, 2.75) is 19.6 Å². The highest BCUT2D eigenvalue weighted by atomic mass is 35.5. The first kappa shape index (κ1) is 14.7. The molecule has 1 N–H and O–H groups in total. The highest BCUT2D eigenvalue weighted by Gasteiger charge is 2.00. The van der Waals surface area contributed by atoms with Crippen molar-refractivity contribution in [2.75, 3.05) is 6.67 Å². The lowest BCUT2D eigenvalue weighted by Gasteiger charge is -2.03. The van der Waals surface area contributed by atoms with Crippen LogP contribution in [0.25, 0.3) is 0 Å². The first-order chi connectivity index (χ1) is 8.29. The average molecular weight is 274 g/mol. The van der Waals surface area contributed by atoms with Gasteiger partial charge in [0.1, 0.15) is 6.67 Å². The number of aryl methyl sites for hydroxylation is 2. The van der Waals surface area contributed by atoms with E-state index < -0.39 is 0 Å². The van der Waals surface area contributed by atoms with Crippen molar-refractivity contribution in [2.24, 2.45) is 7.05 Å². The van der Waals surface area contributed by atoms with Crippen molar-refractivity contribution in [3.05, 3.63) is 35.9 Å². The molecule has 0 unspecified atom stereocenters. The first-order valence-electron chi connectivity index (χ1n) is 5.55. The predicted octanol–water partition coefficient (Wildman–Crippen LogP) is 1.30. The van der Waals surface area contributed by atoms with Gasteiger partial charge in [-0.2, -0.15) is 10.2 Å². The molecular formula is C11H17ClFN5. The summed E-state index contributed by atoms with van der Waals surface area (Å²) >= 11 is 0. The summed E-state index contributed by atoms with van der Waals surface area (Å²) in [5, 5.41) is 11.6. The topological polar surface area (TPSA) is 47.7 Å². The minimum absolute atomic E-state index is 0. The zero-order chi connectivity index (χ0) is 12.1. The van der Waals surface area contributed by atoms with E-state index in [2.05, 4.69) is 15.5 Å². The van der Waals surface area contributed by atoms with E-state index in [0.717, 1.165) is 17.9 Å². The van der Waals surface area contributed by atoms with Gasteiger partial charge in [0.25, 0.3) is 0 Å². The molecule has 0 aliphatic rings. The summed E-state index contributed by atoms with van der Waals surface area (Å²) < 4.78 is 15.5. The standard InChI is InChI=1S/C11H16FN5.ClH/c1-16-11(2-5-14-16)9-13-8-10-3-6-17(15-10)7-4-12;/h2-3,5-6,13H,4,7-9H2,1H3;1H. The fraction of sp³-hybridized carbons (Fsp3) is 0.455. The van der Waals surface area contributed by atoms with Crippen LogP contribution in [-0.4, -0.2) is 26.2 Å². The van der Waals surface area contributed by atoms with Crippen LogP contribution in [-0.2, 0) is 26.7 Å². The Labute approximate surface area is 111 Å². The fourth-order valence-electron chi connectivity index (χ4n) is 1.60. The van der Waals surface area contributed by atoms with Crippen LogP contribution in [0.2, 0.25) is 0 Å². The molecule has 0 spiro atoms. The third-order valence-electron chi connectivity index (χ3n) is 2.54. The highest BCUT2D eigenvalue weighted by molar-refractivity contribution is 5.85. The van der Waals surface area contributed by atoms with E-state index in [9.17, 15) is 4.39 Å². The smallest absolute Gasteiger partial charge is 0.109 e. The Morgan fingerprint density at radius 3 is 2.83 bits per heavy atom. The molecule has 0 aromatic carbocycles. The van der Waals surface area contributed by atoms with Gasteiger partial charge in [0, 0.05) is 32.5 Å². The Kier molecular flexibility index (Phi) is 5.80. The van der Waals surface area contributed by atoms with Gasteiger partial charge in [-0.3, -0.25) is 9.36 Å². The molecule has 0 bridgehead atoms. The van der Waals surface area contributed by atoms with Crippen molar-refractivity contribution in [3.8, 4) is 0 Å². The van der Waals surface area contributed by atoms with Crippen LogP contribution in [0.5, 0.6) is 0 Å². The quantitative estimate of drug-likeness (QED) is 0.863. The van der Waals surface area contributed by atoms with E-state index >= 15 is 0 Å². The molecule has 0 atom stereocenters. The Morgan fingerprint density at radius 1 is 1.33 bits per heavy atom. The number of rotatable bonds is 6. The Bertz CT molecular complexity index is 467. The minimum atomic E-state index is -0.385. The molecule has 7 heteroatoms. The zero-order valence-electron chi connectivity index (χ0n) is 10.2. The molecule has 5 nitrogen and oxygen atoms in total. The number of halogens is 2. The summed E-state index contributed by atoms with van der Waals surface area (Å²) in [6.45, 7) is 1.35. The largest absolute Gasteiger partial charge is 0.305 e. The lowest BCUT2D eigenvalue weighted by Crippen LogP contribution is -2.16. The molecule has 0 radical (unpaired) electrons. The van der Waals surface area contributed by atoms with E-state index in [0.29, 0.717) is 13.1 Å². The third kappa shape index (κ3) is 3.82. The molecule has 2 rings (SSSR count). The Morgan fingerprint density at radius 2 is 2.17 bits per heavy atom. The van der Waals surface area contributed by atoms with Crippen molar-refractivity contribution in [1.82, 2.24) is 24.9 Å². The maximum atomic E-state index is 12.1. The van der Waals surface area contributed by atoms with Gasteiger partial charge in [-0.25, -0.2) is 4.39 Å². The van der Waals surface area contributed by atoms with Gasteiger partial charge in [-0.15, -0.1) is 12.4 Å². The van der Waals surface area contributed by atoms with Gasteiger partial charge in [0.05, 0.1) is 17.9 Å². The molecule has 0 fully saturated rings. The number of alkyl halides is 1. The first-order valence-corrected chi connectivity index (χ1v) is 5.55. The maximum absolute atomic E-state index is 12.1. The van der Waals surface area contributed by atoms with Crippen LogP contribution in [0.4, 0.5) is 4.39 Å². The van der Waals surface area contributed by atoms with E-state index in [-0.39, 0.29) is 19.1 Å². The number of aromatic nitrogens is 4. The molecule has 0 aliphatic heterocycles. The number of hydrogen-bond acceptors (Lipinski definition) is 3. The van der Waals surface area contributed by atoms with Crippen LogP contribution in [0.3, 0.4) is 0 Å². The van der Waals surface area contributed by atoms with Crippen molar-refractivity contribution in [1.29, 1.82) is 0 Å². The lowest BCUT2D eigenvalue weighted by atomic mass is 10.4. The molecule has 0 saturated carbocycles. The van der Waals surface area contributed by atoms with E-state index in [1.54, 1.807) is 17.1 Å². The Balaban J connectivity index is 0.00000162. The average Bonchev–Trinajstić information content (AvgIpc) is 2.90. The van der Waals surface area contributed by atoms with Crippen LogP contribution >= 0.6 is 12.4 Å². The molecule has 0 saturated heterocycles. The van der Waals surface area contributed by atoms with Crippen LogP contribution < -0.4 is 5.32 Å². The molecule has 2 heterocycles. The summed E-state index contributed by atoms with van der Waals surface area (Å²) in [5.74, 6) is 0. The van der Waals surface area contributed by atoms with Crippen molar-refractivity contribution >= 4 is 12.4 Å². The van der Waals surface area contributed by atoms with E-state index in [1.165, 1.54) is 0 Å². The van der Waals surface area contributed by atoms with Gasteiger partial charge in [0.2, 0.25) is 0 Å². The van der Waals surface area contributed by atoms with Crippen molar-refractivity contribution in [3.63, 3.8) is 0 Å². The molecule has 2 aromatic heterocycles. The monoisotopic (exact) mass is 273 g/mol. The molecule has 0 aliphatic carbocycles. The second kappa shape index (κ2) is 7.13. The Hall–Kier alpha value is -1.40. The van der Waals surface area contributed by atoms with Gasteiger partial charge in [0.15, 0.2) is 0 Å². The summed E-state index contributed by atoms with van der Waals surface area (Å²) in [6, 6.07) is 3.86. The number of nitrogens with zero attached hydrogens (tertiary/aromatic N) is 4. The van der Waals surface area contributed by atoms with Crippen molar-refractivity contribution < 1.29 is 4.39 Å². The fourth-order valence-corrected chi connectivity index (χ4v) is 1.60. The third-order valence-corrected chi connectivity index (χ3v) is 2.54. The number of hydrogen-bond donors (Lipinski definition) is 1. The SMILES string of the molecule is Cl.Cn1nccc1CNCc1ccn(CCF)n1. The minimum Gasteiger partial charge on any atom is -0.305 e. The normalized spacial score (nSPS) is 10.3. The second-order valence-electron chi connectivity index (χ2n) is 3.81. The summed E-state index contributed by atoms with van der Waals surface area (Å²) in [5.41, 5.74) is 2.04. The van der Waals surface area contributed by atoms with Crippen LogP contribution in [0.1, 0.15) is 11.4 Å². The molecule has 2 aromatic rings. The van der Waals surface area contributed by atoms with Crippen LogP contribution in [0.15, 0.2) is 24.5 Å². The van der Waals surface area contributed by atoms with E-state index in [4.69, 9.17) is 0 Å². The predicted molar refractivity (Wildman–Crippen MR) is 69.2 cm³/mol. The molecule has 18 heavy (non-hydrogen) atoms. The molecule has 100 valence electrons. The van der Waals surface area contributed by atoms with Crippen LogP contribution in [0, 0.1) is 0 Å². The van der Waals surface area contributed by atoms with Gasteiger partial charge in [-0.1, -0.05) is 0 Å². The van der Waals surface area contributed by atoms with Gasteiger partial charge in [-0.05, 0) is 12.1 Å². The summed E-state index contributed by atoms with van der Waals surface area (Å²) in [7, 11) is 1.91.